The van der Waals surface area contributed by atoms with Crippen LogP contribution in [0.25, 0.3) is 0 Å². The monoisotopic (exact) mass is 288 g/mol. The predicted octanol–water partition coefficient (Wildman–Crippen LogP) is 4.29. The molecule has 2 N–H and O–H groups in total. The van der Waals surface area contributed by atoms with Crippen molar-refractivity contribution < 1.29 is 9.52 Å². The van der Waals surface area contributed by atoms with Crippen molar-refractivity contribution in [2.24, 2.45) is 0 Å². The molecule has 0 radical (unpaired) electrons. The third kappa shape index (κ3) is 2.86. The van der Waals surface area contributed by atoms with Gasteiger partial charge in [-0.15, -0.1) is 0 Å². The normalized spacial score (nSPS) is 17.9. The molecule has 102 valence electrons. The lowest BCUT2D eigenvalue weighted by molar-refractivity contribution is 0.475. The largest absolute Gasteiger partial charge is 0.508 e. The number of phenolic OH excluding ortho intramolecular Hbond substituents is 1. The van der Waals surface area contributed by atoms with Gasteiger partial charge in [-0.05, 0) is 36.8 Å². The standard InChI is InChI=1S/C15H13ClN2O2/c16-11-3-1-10(2-4-11)14-9-17-15(20-14)18-12-5-7-13(19)8-6-12/h1,3-10,19H,2H2,(H,17,18). The zero-order valence-corrected chi connectivity index (χ0v) is 11.3. The fourth-order valence-electron chi connectivity index (χ4n) is 1.99. The average Bonchev–Trinajstić information content (AvgIpc) is 2.91. The quantitative estimate of drug-likeness (QED) is 0.827. The summed E-state index contributed by atoms with van der Waals surface area (Å²) in [5.74, 6) is 1.18. The molecule has 0 saturated carbocycles. The minimum atomic E-state index is 0.167. The number of anilines is 2. The molecule has 0 fully saturated rings. The first-order chi connectivity index (χ1) is 9.70. The van der Waals surface area contributed by atoms with Crippen molar-refractivity contribution in [2.45, 2.75) is 12.3 Å². The lowest BCUT2D eigenvalue weighted by Crippen LogP contribution is -1.95. The van der Waals surface area contributed by atoms with Crippen LogP contribution < -0.4 is 5.32 Å². The second kappa shape index (κ2) is 5.43. The Kier molecular flexibility index (Phi) is 3.48. The molecule has 1 aromatic carbocycles. The molecule has 1 aliphatic rings. The van der Waals surface area contributed by atoms with E-state index < -0.39 is 0 Å². The molecule has 2 aromatic rings. The highest BCUT2D eigenvalue weighted by molar-refractivity contribution is 6.31. The number of halogens is 1. The third-order valence-corrected chi connectivity index (χ3v) is 3.34. The van der Waals surface area contributed by atoms with Gasteiger partial charge in [0, 0.05) is 16.6 Å². The molecule has 1 aromatic heterocycles. The Morgan fingerprint density at radius 3 is 2.80 bits per heavy atom. The number of allylic oxidation sites excluding steroid dienone is 4. The Bertz CT molecular complexity index is 659. The number of oxazole rings is 1. The lowest BCUT2D eigenvalue weighted by atomic mass is 9.99. The number of hydrogen-bond donors (Lipinski definition) is 2. The summed E-state index contributed by atoms with van der Waals surface area (Å²) >= 11 is 5.89. The third-order valence-electron chi connectivity index (χ3n) is 3.06. The summed E-state index contributed by atoms with van der Waals surface area (Å²) in [5.41, 5.74) is 0.804. The van der Waals surface area contributed by atoms with E-state index in [1.165, 1.54) is 0 Å². The van der Waals surface area contributed by atoms with Crippen molar-refractivity contribution >= 4 is 23.3 Å². The maximum absolute atomic E-state index is 9.23. The zero-order valence-electron chi connectivity index (χ0n) is 10.6. The Morgan fingerprint density at radius 2 is 2.10 bits per heavy atom. The van der Waals surface area contributed by atoms with Crippen molar-refractivity contribution in [3.05, 3.63) is 59.5 Å². The maximum atomic E-state index is 9.23. The highest BCUT2D eigenvalue weighted by Gasteiger charge is 2.15. The average molecular weight is 289 g/mol. The van der Waals surface area contributed by atoms with Crippen LogP contribution in [0.3, 0.4) is 0 Å². The Balaban J connectivity index is 1.71. The maximum Gasteiger partial charge on any atom is 0.299 e. The van der Waals surface area contributed by atoms with Crippen LogP contribution in [0.4, 0.5) is 11.7 Å². The van der Waals surface area contributed by atoms with Crippen molar-refractivity contribution in [3.8, 4) is 5.75 Å². The van der Waals surface area contributed by atoms with Gasteiger partial charge in [0.2, 0.25) is 0 Å². The van der Waals surface area contributed by atoms with Crippen LogP contribution in [0.15, 0.2) is 58.1 Å². The van der Waals surface area contributed by atoms with E-state index in [1.807, 2.05) is 18.2 Å². The van der Waals surface area contributed by atoms with E-state index in [0.29, 0.717) is 6.01 Å². The SMILES string of the molecule is Oc1ccc(Nc2ncc(C3C=CC(Cl)=CC3)o2)cc1. The van der Waals surface area contributed by atoms with Crippen molar-refractivity contribution in [2.75, 3.05) is 5.32 Å². The summed E-state index contributed by atoms with van der Waals surface area (Å²) < 4.78 is 5.68. The fraction of sp³-hybridized carbons (Fsp3) is 0.133. The van der Waals surface area contributed by atoms with Crippen LogP contribution in [-0.4, -0.2) is 10.1 Å². The Hall–Kier alpha value is -2.20. The van der Waals surface area contributed by atoms with E-state index in [9.17, 15) is 5.11 Å². The van der Waals surface area contributed by atoms with Gasteiger partial charge < -0.3 is 14.8 Å². The van der Waals surface area contributed by atoms with E-state index >= 15 is 0 Å². The molecule has 4 nitrogen and oxygen atoms in total. The number of benzene rings is 1. The number of nitrogens with zero attached hydrogens (tertiary/aromatic N) is 1. The van der Waals surface area contributed by atoms with Gasteiger partial charge in [-0.25, -0.2) is 4.98 Å². The number of aromatic hydroxyl groups is 1. The molecule has 3 rings (SSSR count). The Labute approximate surface area is 121 Å². The number of phenols is 1. The smallest absolute Gasteiger partial charge is 0.299 e. The second-order valence-electron chi connectivity index (χ2n) is 4.53. The van der Waals surface area contributed by atoms with Crippen LogP contribution in [-0.2, 0) is 0 Å². The summed E-state index contributed by atoms with van der Waals surface area (Å²) in [4.78, 5) is 4.20. The summed E-state index contributed by atoms with van der Waals surface area (Å²) in [7, 11) is 0. The molecule has 1 atom stereocenters. The lowest BCUT2D eigenvalue weighted by Gasteiger charge is -2.10. The van der Waals surface area contributed by atoms with Gasteiger partial charge in [-0.2, -0.15) is 0 Å². The predicted molar refractivity (Wildman–Crippen MR) is 78.3 cm³/mol. The zero-order chi connectivity index (χ0) is 13.9. The number of nitrogens with one attached hydrogen (secondary N) is 1. The summed E-state index contributed by atoms with van der Waals surface area (Å²) in [6.45, 7) is 0. The van der Waals surface area contributed by atoms with Crippen LogP contribution in [0.5, 0.6) is 5.75 Å². The number of aromatic nitrogens is 1. The van der Waals surface area contributed by atoms with Gasteiger partial charge in [-0.3, -0.25) is 0 Å². The van der Waals surface area contributed by atoms with Crippen molar-refractivity contribution in [3.63, 3.8) is 0 Å². The van der Waals surface area contributed by atoms with Crippen LogP contribution in [0.2, 0.25) is 0 Å². The number of hydrogen-bond acceptors (Lipinski definition) is 4. The topological polar surface area (TPSA) is 58.3 Å². The van der Waals surface area contributed by atoms with E-state index in [4.69, 9.17) is 16.0 Å². The van der Waals surface area contributed by atoms with Gasteiger partial charge in [0.05, 0.1) is 6.20 Å². The first-order valence-corrected chi connectivity index (χ1v) is 6.64. The van der Waals surface area contributed by atoms with E-state index in [-0.39, 0.29) is 11.7 Å². The molecule has 0 spiro atoms. The Morgan fingerprint density at radius 1 is 1.30 bits per heavy atom. The van der Waals surface area contributed by atoms with Crippen LogP contribution >= 0.6 is 11.6 Å². The van der Waals surface area contributed by atoms with E-state index in [0.717, 1.165) is 22.9 Å². The fourth-order valence-corrected chi connectivity index (χ4v) is 2.15. The summed E-state index contributed by atoms with van der Waals surface area (Å²) in [5, 5.41) is 13.0. The number of rotatable bonds is 3. The van der Waals surface area contributed by atoms with Gasteiger partial charge in [-0.1, -0.05) is 23.8 Å². The van der Waals surface area contributed by atoms with Gasteiger partial charge >= 0.3 is 0 Å². The van der Waals surface area contributed by atoms with Crippen molar-refractivity contribution in [1.82, 2.24) is 4.98 Å². The van der Waals surface area contributed by atoms with Crippen molar-refractivity contribution in [1.29, 1.82) is 0 Å². The van der Waals surface area contributed by atoms with Gasteiger partial charge in [0.25, 0.3) is 6.01 Å². The minimum Gasteiger partial charge on any atom is -0.508 e. The molecule has 20 heavy (non-hydrogen) atoms. The highest BCUT2D eigenvalue weighted by atomic mass is 35.5. The van der Waals surface area contributed by atoms with Gasteiger partial charge in [0.1, 0.15) is 11.5 Å². The first kappa shape index (κ1) is 12.8. The molecule has 5 heteroatoms. The molecule has 0 amide bonds. The molecule has 0 saturated heterocycles. The summed E-state index contributed by atoms with van der Waals surface area (Å²) in [6.07, 6.45) is 8.36. The minimum absolute atomic E-state index is 0.167. The molecule has 0 bridgehead atoms. The molecule has 1 unspecified atom stereocenters. The van der Waals surface area contributed by atoms with E-state index in [1.54, 1.807) is 30.5 Å². The molecular formula is C15H13ClN2O2. The summed E-state index contributed by atoms with van der Waals surface area (Å²) in [6, 6.07) is 7.13. The van der Waals surface area contributed by atoms with Gasteiger partial charge in [0.15, 0.2) is 0 Å². The molecule has 0 aliphatic heterocycles. The van der Waals surface area contributed by atoms with Crippen LogP contribution in [0.1, 0.15) is 18.1 Å². The first-order valence-electron chi connectivity index (χ1n) is 6.26. The molecule has 1 heterocycles. The molecule has 1 aliphatic carbocycles. The van der Waals surface area contributed by atoms with E-state index in [2.05, 4.69) is 10.3 Å². The van der Waals surface area contributed by atoms with Crippen LogP contribution in [0, 0.1) is 0 Å². The molecular weight excluding hydrogens is 276 g/mol. The second-order valence-corrected chi connectivity index (χ2v) is 4.97. The highest BCUT2D eigenvalue weighted by Crippen LogP contribution is 2.30.